The first-order valence-electron chi connectivity index (χ1n) is 5.78. The van der Waals surface area contributed by atoms with Crippen molar-refractivity contribution in [2.45, 2.75) is 12.6 Å². The van der Waals surface area contributed by atoms with E-state index in [2.05, 4.69) is 4.98 Å². The van der Waals surface area contributed by atoms with Crippen LogP contribution in [-0.2, 0) is 6.54 Å². The Kier molecular flexibility index (Phi) is 2.79. The Hall–Kier alpha value is -2.57. The van der Waals surface area contributed by atoms with E-state index in [9.17, 15) is 10.1 Å². The van der Waals surface area contributed by atoms with Gasteiger partial charge >= 0.3 is 11.8 Å². The molecule has 0 aliphatic carbocycles. The molecule has 7 nitrogen and oxygen atoms in total. The predicted molar refractivity (Wildman–Crippen MR) is 65.2 cm³/mol. The van der Waals surface area contributed by atoms with Crippen LogP contribution in [0.25, 0.3) is 0 Å². The van der Waals surface area contributed by atoms with E-state index in [1.165, 1.54) is 6.20 Å². The number of nitrogens with zero attached hydrogens (tertiary/aromatic N) is 3. The van der Waals surface area contributed by atoms with Crippen molar-refractivity contribution in [3.63, 3.8) is 0 Å². The molecule has 0 radical (unpaired) electrons. The quantitative estimate of drug-likeness (QED) is 0.617. The maximum Gasteiger partial charge on any atom is 0.414 e. The standard InChI is InChI=1S/C12H11N3O4/c16-15(17)11-7-14-6-10(19-12(14)13-11)8-18-9-4-2-1-3-5-9/h1-5,7,10H,6,8H2. The second-order valence-electron chi connectivity index (χ2n) is 4.16. The van der Waals surface area contributed by atoms with Crippen LogP contribution < -0.4 is 9.47 Å². The van der Waals surface area contributed by atoms with E-state index in [0.29, 0.717) is 13.2 Å². The molecule has 1 aliphatic heterocycles. The van der Waals surface area contributed by atoms with Gasteiger partial charge in [0.25, 0.3) is 0 Å². The van der Waals surface area contributed by atoms with E-state index >= 15 is 0 Å². The van der Waals surface area contributed by atoms with Crippen LogP contribution in [0.4, 0.5) is 5.82 Å². The van der Waals surface area contributed by atoms with Crippen molar-refractivity contribution in [2.24, 2.45) is 0 Å². The lowest BCUT2D eigenvalue weighted by Crippen LogP contribution is -2.23. The molecule has 2 aromatic rings. The molecule has 1 aromatic carbocycles. The third-order valence-electron chi connectivity index (χ3n) is 2.77. The Labute approximate surface area is 108 Å². The minimum absolute atomic E-state index is 0.177. The summed E-state index contributed by atoms with van der Waals surface area (Å²) in [5.74, 6) is 0.569. The van der Waals surface area contributed by atoms with Crippen molar-refractivity contribution in [2.75, 3.05) is 6.61 Å². The number of hydrogen-bond acceptors (Lipinski definition) is 5. The van der Waals surface area contributed by atoms with Crippen LogP contribution in [0, 0.1) is 10.1 Å². The number of fused-ring (bicyclic) bond motifs is 1. The van der Waals surface area contributed by atoms with Crippen molar-refractivity contribution >= 4 is 5.82 Å². The van der Waals surface area contributed by atoms with Gasteiger partial charge < -0.3 is 19.6 Å². The first-order valence-corrected chi connectivity index (χ1v) is 5.78. The van der Waals surface area contributed by atoms with E-state index in [-0.39, 0.29) is 17.9 Å². The highest BCUT2D eigenvalue weighted by molar-refractivity contribution is 5.23. The van der Waals surface area contributed by atoms with Crippen molar-refractivity contribution in [3.05, 3.63) is 46.6 Å². The van der Waals surface area contributed by atoms with Gasteiger partial charge in [0.15, 0.2) is 6.10 Å². The minimum atomic E-state index is -0.538. The van der Waals surface area contributed by atoms with Gasteiger partial charge in [-0.25, -0.2) is 0 Å². The summed E-state index contributed by atoms with van der Waals surface area (Å²) < 4.78 is 12.7. The van der Waals surface area contributed by atoms with Crippen LogP contribution >= 0.6 is 0 Å². The zero-order valence-electron chi connectivity index (χ0n) is 9.93. The molecule has 19 heavy (non-hydrogen) atoms. The number of nitro groups is 1. The van der Waals surface area contributed by atoms with Gasteiger partial charge in [-0.1, -0.05) is 18.2 Å². The summed E-state index contributed by atoms with van der Waals surface area (Å²) in [7, 11) is 0. The van der Waals surface area contributed by atoms with Gasteiger partial charge in [0.1, 0.15) is 18.6 Å². The number of para-hydroxylation sites is 1. The summed E-state index contributed by atoms with van der Waals surface area (Å²) in [6.45, 7) is 0.879. The number of imidazole rings is 1. The van der Waals surface area contributed by atoms with Gasteiger partial charge in [-0.2, -0.15) is 0 Å². The average molecular weight is 261 g/mol. The van der Waals surface area contributed by atoms with Crippen LogP contribution in [0.2, 0.25) is 0 Å². The lowest BCUT2D eigenvalue weighted by molar-refractivity contribution is -0.389. The summed E-state index contributed by atoms with van der Waals surface area (Å²) in [4.78, 5) is 13.8. The SMILES string of the molecule is O=[N+]([O-])c1cn2c(n1)OC(COc1ccccc1)C2. The third-order valence-corrected chi connectivity index (χ3v) is 2.77. The summed E-state index contributed by atoms with van der Waals surface area (Å²) >= 11 is 0. The third kappa shape index (κ3) is 2.35. The Bertz CT molecular complexity index is 573. The molecule has 98 valence electrons. The molecule has 3 rings (SSSR count). The Balaban J connectivity index is 1.59. The number of ether oxygens (including phenoxy) is 2. The fraction of sp³-hybridized carbons (Fsp3) is 0.250. The predicted octanol–water partition coefficient (Wildman–Crippen LogP) is 1.63. The van der Waals surface area contributed by atoms with E-state index < -0.39 is 4.92 Å². The van der Waals surface area contributed by atoms with Crippen LogP contribution in [0.15, 0.2) is 36.5 Å². The molecule has 7 heteroatoms. The first-order chi connectivity index (χ1) is 9.22. The van der Waals surface area contributed by atoms with E-state index in [1.54, 1.807) is 4.57 Å². The summed E-state index contributed by atoms with van der Waals surface area (Å²) in [5.41, 5.74) is 0. The molecule has 2 heterocycles. The molecule has 0 N–H and O–H groups in total. The van der Waals surface area contributed by atoms with Crippen molar-refractivity contribution < 1.29 is 14.4 Å². The maximum absolute atomic E-state index is 10.5. The van der Waals surface area contributed by atoms with E-state index in [1.807, 2.05) is 30.3 Å². The fourth-order valence-corrected chi connectivity index (χ4v) is 1.90. The Morgan fingerprint density at radius 2 is 2.26 bits per heavy atom. The van der Waals surface area contributed by atoms with Crippen LogP contribution in [-0.4, -0.2) is 27.2 Å². The molecule has 0 saturated carbocycles. The van der Waals surface area contributed by atoms with Gasteiger partial charge in [0, 0.05) is 4.98 Å². The number of benzene rings is 1. The molecule has 0 saturated heterocycles. The Morgan fingerprint density at radius 3 is 2.95 bits per heavy atom. The van der Waals surface area contributed by atoms with Gasteiger partial charge in [0.05, 0.1) is 6.54 Å². The number of rotatable bonds is 4. The van der Waals surface area contributed by atoms with Crippen molar-refractivity contribution in [1.82, 2.24) is 9.55 Å². The molecular weight excluding hydrogens is 250 g/mol. The molecule has 0 spiro atoms. The molecule has 1 aliphatic rings. The molecule has 1 atom stereocenters. The second-order valence-corrected chi connectivity index (χ2v) is 4.16. The monoisotopic (exact) mass is 261 g/mol. The minimum Gasteiger partial charge on any atom is -0.490 e. The van der Waals surface area contributed by atoms with E-state index in [4.69, 9.17) is 9.47 Å². The van der Waals surface area contributed by atoms with Crippen LogP contribution in [0.1, 0.15) is 0 Å². The van der Waals surface area contributed by atoms with Gasteiger partial charge in [-0.3, -0.25) is 4.57 Å². The van der Waals surface area contributed by atoms with Gasteiger partial charge in [0.2, 0.25) is 0 Å². The molecule has 0 amide bonds. The number of hydrogen-bond donors (Lipinski definition) is 0. The molecule has 1 unspecified atom stereocenters. The zero-order chi connectivity index (χ0) is 13.2. The first kappa shape index (κ1) is 11.5. The molecule has 1 aromatic heterocycles. The second kappa shape index (κ2) is 4.60. The molecule has 0 fully saturated rings. The number of aromatic nitrogens is 2. The average Bonchev–Trinajstić information content (AvgIpc) is 2.95. The largest absolute Gasteiger partial charge is 0.490 e. The zero-order valence-corrected chi connectivity index (χ0v) is 9.93. The lowest BCUT2D eigenvalue weighted by atomic mass is 10.3. The van der Waals surface area contributed by atoms with Gasteiger partial charge in [-0.05, 0) is 17.1 Å². The summed E-state index contributed by atoms with van der Waals surface area (Å²) in [5, 5.41) is 10.5. The Morgan fingerprint density at radius 1 is 1.47 bits per heavy atom. The smallest absolute Gasteiger partial charge is 0.414 e. The highest BCUT2D eigenvalue weighted by Crippen LogP contribution is 2.25. The van der Waals surface area contributed by atoms with Crippen LogP contribution in [0.3, 0.4) is 0 Å². The van der Waals surface area contributed by atoms with Crippen molar-refractivity contribution in [1.29, 1.82) is 0 Å². The van der Waals surface area contributed by atoms with Gasteiger partial charge in [-0.15, -0.1) is 0 Å². The van der Waals surface area contributed by atoms with E-state index in [0.717, 1.165) is 5.75 Å². The summed E-state index contributed by atoms with van der Waals surface area (Å²) in [6, 6.07) is 9.68. The lowest BCUT2D eigenvalue weighted by Gasteiger charge is -2.10. The highest BCUT2D eigenvalue weighted by atomic mass is 16.6. The highest BCUT2D eigenvalue weighted by Gasteiger charge is 2.31. The fourth-order valence-electron chi connectivity index (χ4n) is 1.90. The summed E-state index contributed by atoms with van der Waals surface area (Å²) in [6.07, 6.45) is 1.20. The topological polar surface area (TPSA) is 79.4 Å². The maximum atomic E-state index is 10.5. The molecule has 0 bridgehead atoms. The molecular formula is C12H11N3O4. The van der Waals surface area contributed by atoms with Crippen molar-refractivity contribution in [3.8, 4) is 11.8 Å². The normalized spacial score (nSPS) is 16.7. The van der Waals surface area contributed by atoms with Crippen LogP contribution in [0.5, 0.6) is 11.8 Å².